The predicted octanol–water partition coefficient (Wildman–Crippen LogP) is 2.12. The molecule has 122 valence electrons. The molecule has 2 aliphatic heterocycles. The van der Waals surface area contributed by atoms with Gasteiger partial charge in [-0.15, -0.1) is 0 Å². The number of amides is 1. The Balaban J connectivity index is 1.98. The fourth-order valence-electron chi connectivity index (χ4n) is 3.53. The average molecular weight is 296 g/mol. The quantitative estimate of drug-likeness (QED) is 0.867. The molecule has 0 aromatic heterocycles. The third-order valence-corrected chi connectivity index (χ3v) is 4.73. The van der Waals surface area contributed by atoms with Crippen LogP contribution in [0.4, 0.5) is 0 Å². The molecule has 2 heterocycles. The summed E-state index contributed by atoms with van der Waals surface area (Å²) in [6, 6.07) is 0. The standard InChI is InChI=1S/C17H32N2O2/c1-14-6-10-18(11-7-14)13-17(21)8-5-9-19(15(17)20)12-16(2,3)4/h14,21H,5-13H2,1-4H3. The first-order chi connectivity index (χ1) is 9.70. The minimum Gasteiger partial charge on any atom is -0.379 e. The van der Waals surface area contributed by atoms with Crippen LogP contribution in [0.2, 0.25) is 0 Å². The molecule has 0 aromatic rings. The number of carbonyl (C=O) groups is 1. The number of carbonyl (C=O) groups excluding carboxylic acids is 1. The fourth-order valence-corrected chi connectivity index (χ4v) is 3.53. The molecule has 2 aliphatic rings. The van der Waals surface area contributed by atoms with Gasteiger partial charge in [0.15, 0.2) is 5.60 Å². The summed E-state index contributed by atoms with van der Waals surface area (Å²) in [7, 11) is 0. The summed E-state index contributed by atoms with van der Waals surface area (Å²) in [5.41, 5.74) is -1.08. The lowest BCUT2D eigenvalue weighted by molar-refractivity contribution is -0.161. The predicted molar refractivity (Wildman–Crippen MR) is 85.1 cm³/mol. The molecule has 1 atom stereocenters. The van der Waals surface area contributed by atoms with Gasteiger partial charge in [0, 0.05) is 19.6 Å². The van der Waals surface area contributed by atoms with Gasteiger partial charge < -0.3 is 10.0 Å². The van der Waals surface area contributed by atoms with Gasteiger partial charge >= 0.3 is 0 Å². The van der Waals surface area contributed by atoms with E-state index in [1.165, 1.54) is 12.8 Å². The molecule has 1 N–H and O–H groups in total. The lowest BCUT2D eigenvalue weighted by atomic mass is 9.87. The molecule has 2 fully saturated rings. The Hall–Kier alpha value is -0.610. The Labute approximate surface area is 129 Å². The zero-order chi connectivity index (χ0) is 15.7. The Morgan fingerprint density at radius 3 is 2.43 bits per heavy atom. The number of likely N-dealkylation sites (tertiary alicyclic amines) is 2. The highest BCUT2D eigenvalue weighted by atomic mass is 16.3. The number of β-amino-alcohol motifs (C(OH)–C–C–N with tert-alkyl or cyclic N) is 1. The van der Waals surface area contributed by atoms with E-state index >= 15 is 0 Å². The fraction of sp³-hybridized carbons (Fsp3) is 0.941. The maximum absolute atomic E-state index is 12.7. The van der Waals surface area contributed by atoms with Gasteiger partial charge in [0.2, 0.25) is 0 Å². The van der Waals surface area contributed by atoms with Crippen molar-refractivity contribution in [1.29, 1.82) is 0 Å². The van der Waals surface area contributed by atoms with Crippen molar-refractivity contribution >= 4 is 5.91 Å². The second kappa shape index (κ2) is 6.25. The van der Waals surface area contributed by atoms with Crippen molar-refractivity contribution in [2.75, 3.05) is 32.7 Å². The third kappa shape index (κ3) is 4.43. The normalized spacial score (nSPS) is 30.0. The van der Waals surface area contributed by atoms with Crippen LogP contribution in [0.3, 0.4) is 0 Å². The first-order valence-electron chi connectivity index (χ1n) is 8.44. The summed E-state index contributed by atoms with van der Waals surface area (Å²) in [5, 5.41) is 10.9. The lowest BCUT2D eigenvalue weighted by Crippen LogP contribution is -2.60. The first-order valence-corrected chi connectivity index (χ1v) is 8.44. The van der Waals surface area contributed by atoms with Crippen molar-refractivity contribution in [3.63, 3.8) is 0 Å². The van der Waals surface area contributed by atoms with Crippen molar-refractivity contribution in [3.8, 4) is 0 Å². The van der Waals surface area contributed by atoms with Crippen LogP contribution in [0.15, 0.2) is 0 Å². The highest BCUT2D eigenvalue weighted by Gasteiger charge is 2.44. The van der Waals surface area contributed by atoms with Gasteiger partial charge in [0.05, 0.1) is 0 Å². The van der Waals surface area contributed by atoms with Gasteiger partial charge in [-0.3, -0.25) is 9.69 Å². The van der Waals surface area contributed by atoms with E-state index in [9.17, 15) is 9.90 Å². The molecule has 0 radical (unpaired) electrons. The van der Waals surface area contributed by atoms with E-state index in [1.54, 1.807) is 0 Å². The first kappa shape index (κ1) is 16.8. The Morgan fingerprint density at radius 2 is 1.86 bits per heavy atom. The molecule has 0 aliphatic carbocycles. The molecule has 4 nitrogen and oxygen atoms in total. The van der Waals surface area contributed by atoms with Crippen LogP contribution in [-0.2, 0) is 4.79 Å². The zero-order valence-corrected chi connectivity index (χ0v) is 14.2. The van der Waals surface area contributed by atoms with Gasteiger partial charge in [-0.2, -0.15) is 0 Å². The number of rotatable bonds is 3. The highest BCUT2D eigenvalue weighted by molar-refractivity contribution is 5.86. The second-order valence-corrected chi connectivity index (χ2v) is 8.38. The van der Waals surface area contributed by atoms with E-state index < -0.39 is 5.60 Å². The van der Waals surface area contributed by atoms with Crippen LogP contribution in [0.5, 0.6) is 0 Å². The number of aliphatic hydroxyl groups is 1. The number of nitrogens with zero attached hydrogens (tertiary/aromatic N) is 2. The zero-order valence-electron chi connectivity index (χ0n) is 14.2. The summed E-state index contributed by atoms with van der Waals surface area (Å²) in [5.74, 6) is 0.720. The highest BCUT2D eigenvalue weighted by Crippen LogP contribution is 2.28. The molecule has 2 rings (SSSR count). The van der Waals surface area contributed by atoms with Crippen LogP contribution >= 0.6 is 0 Å². The Kier molecular flexibility index (Phi) is 4.99. The molecule has 4 heteroatoms. The van der Waals surface area contributed by atoms with Gasteiger partial charge in [-0.05, 0) is 50.1 Å². The molecule has 1 amide bonds. The van der Waals surface area contributed by atoms with Gasteiger partial charge in [0.25, 0.3) is 5.91 Å². The Morgan fingerprint density at radius 1 is 1.24 bits per heavy atom. The van der Waals surface area contributed by atoms with E-state index in [-0.39, 0.29) is 11.3 Å². The molecule has 0 spiro atoms. The van der Waals surface area contributed by atoms with Crippen LogP contribution in [-0.4, -0.2) is 59.1 Å². The third-order valence-electron chi connectivity index (χ3n) is 4.73. The molecule has 0 bridgehead atoms. The lowest BCUT2D eigenvalue weighted by Gasteiger charge is -2.43. The van der Waals surface area contributed by atoms with E-state index in [1.807, 2.05) is 4.90 Å². The van der Waals surface area contributed by atoms with Crippen LogP contribution in [0.25, 0.3) is 0 Å². The van der Waals surface area contributed by atoms with Crippen molar-refractivity contribution in [1.82, 2.24) is 9.80 Å². The number of piperidine rings is 2. The van der Waals surface area contributed by atoms with Crippen molar-refractivity contribution in [3.05, 3.63) is 0 Å². The maximum Gasteiger partial charge on any atom is 0.255 e. The molecule has 0 aromatic carbocycles. The Bertz CT molecular complexity index is 369. The number of hydrogen-bond donors (Lipinski definition) is 1. The topological polar surface area (TPSA) is 43.8 Å². The molecular weight excluding hydrogens is 264 g/mol. The largest absolute Gasteiger partial charge is 0.379 e. The minimum atomic E-state index is -1.16. The summed E-state index contributed by atoms with van der Waals surface area (Å²) < 4.78 is 0. The molecule has 2 saturated heterocycles. The van der Waals surface area contributed by atoms with E-state index in [0.29, 0.717) is 13.0 Å². The van der Waals surface area contributed by atoms with Gasteiger partial charge in [-0.1, -0.05) is 27.7 Å². The summed E-state index contributed by atoms with van der Waals surface area (Å²) in [6.07, 6.45) is 3.87. The summed E-state index contributed by atoms with van der Waals surface area (Å²) in [6.45, 7) is 12.7. The summed E-state index contributed by atoms with van der Waals surface area (Å²) in [4.78, 5) is 16.9. The minimum absolute atomic E-state index is 0.0534. The molecule has 21 heavy (non-hydrogen) atoms. The average Bonchev–Trinajstić information content (AvgIpc) is 2.37. The van der Waals surface area contributed by atoms with Crippen molar-refractivity contribution in [2.24, 2.45) is 11.3 Å². The monoisotopic (exact) mass is 296 g/mol. The van der Waals surface area contributed by atoms with Crippen LogP contribution in [0, 0.1) is 11.3 Å². The number of hydrogen-bond acceptors (Lipinski definition) is 3. The second-order valence-electron chi connectivity index (χ2n) is 8.38. The van der Waals surface area contributed by atoms with Crippen molar-refractivity contribution in [2.45, 2.75) is 59.0 Å². The molecular formula is C17H32N2O2. The van der Waals surface area contributed by atoms with Crippen LogP contribution < -0.4 is 0 Å². The van der Waals surface area contributed by atoms with E-state index in [0.717, 1.165) is 38.5 Å². The van der Waals surface area contributed by atoms with E-state index in [4.69, 9.17) is 0 Å². The maximum atomic E-state index is 12.7. The molecule has 1 unspecified atom stereocenters. The SMILES string of the molecule is CC1CCN(CC2(O)CCCN(CC(C)(C)C)C2=O)CC1. The van der Waals surface area contributed by atoms with E-state index in [2.05, 4.69) is 32.6 Å². The summed E-state index contributed by atoms with van der Waals surface area (Å²) >= 11 is 0. The van der Waals surface area contributed by atoms with Gasteiger partial charge in [-0.25, -0.2) is 0 Å². The van der Waals surface area contributed by atoms with Crippen LogP contribution in [0.1, 0.15) is 53.4 Å². The van der Waals surface area contributed by atoms with Gasteiger partial charge in [0.1, 0.15) is 0 Å². The van der Waals surface area contributed by atoms with Crippen molar-refractivity contribution < 1.29 is 9.90 Å². The molecule has 0 saturated carbocycles. The smallest absolute Gasteiger partial charge is 0.255 e.